The van der Waals surface area contributed by atoms with Crippen molar-refractivity contribution in [3.63, 3.8) is 0 Å². The highest BCUT2D eigenvalue weighted by Gasteiger charge is 2.22. The van der Waals surface area contributed by atoms with Gasteiger partial charge in [0.05, 0.1) is 20.0 Å². The highest BCUT2D eigenvalue weighted by Crippen LogP contribution is 2.29. The van der Waals surface area contributed by atoms with Crippen LogP contribution in [0.1, 0.15) is 42.1 Å². The van der Waals surface area contributed by atoms with Crippen LogP contribution in [0.25, 0.3) is 22.6 Å². The number of hydrogen-bond acceptors (Lipinski definition) is 7. The zero-order valence-electron chi connectivity index (χ0n) is 23.4. The summed E-state index contributed by atoms with van der Waals surface area (Å²) in [6.07, 6.45) is 8.59. The summed E-state index contributed by atoms with van der Waals surface area (Å²) in [6, 6.07) is 15.0. The van der Waals surface area contributed by atoms with Gasteiger partial charge < -0.3 is 24.2 Å². The number of aliphatic hydroxyl groups excluding tert-OH is 1. The van der Waals surface area contributed by atoms with Gasteiger partial charge in [0.15, 0.2) is 5.78 Å². The number of allylic oxidation sites excluding steroid dienone is 2. The number of piperidine rings is 1. The second-order valence-corrected chi connectivity index (χ2v) is 11.6. The number of aliphatic hydroxyl groups is 1. The molecule has 1 aromatic heterocycles. The first-order valence-corrected chi connectivity index (χ1v) is 14.7. The van der Waals surface area contributed by atoms with E-state index >= 15 is 0 Å². The largest absolute Gasteiger partial charge is 0.501 e. The number of β-amino-alcohol motifs (C(OH)–C–C–N with tert-alkyl or cyclic N) is 1. The van der Waals surface area contributed by atoms with Gasteiger partial charge in [-0.2, -0.15) is 0 Å². The number of methoxy groups -OCH3 is 2. The molecule has 7 heteroatoms. The van der Waals surface area contributed by atoms with Crippen molar-refractivity contribution in [2.45, 2.75) is 32.3 Å². The van der Waals surface area contributed by atoms with Crippen LogP contribution in [0.3, 0.4) is 0 Å². The van der Waals surface area contributed by atoms with E-state index in [1.165, 1.54) is 12.8 Å². The summed E-state index contributed by atoms with van der Waals surface area (Å²) < 4.78 is 17.7. The quantitative estimate of drug-likeness (QED) is 0.366. The van der Waals surface area contributed by atoms with Crippen LogP contribution in [0.5, 0.6) is 11.5 Å². The number of fused-ring (bicyclic) bond motifs is 1. The Morgan fingerprint density at radius 1 is 1.05 bits per heavy atom. The predicted octanol–water partition coefficient (Wildman–Crippen LogP) is 4.62. The number of carbonyl (C=O) groups excluding carboxylic acids is 1. The Hall–Kier alpha value is -3.39. The standard InChI is InChI=1S/C33H37NO5S/c1-22-5-4-18-34(19-22)20-25(35)21-39-28-12-6-23(7-13-28)32(36)31-29-16-14-27(38-3)15-17-30(29)40-33(31)24-8-10-26(37-2)11-9-24/h6-14,16-17,22,25,35H,4-5,15,18-21H2,1-3H3. The van der Waals surface area contributed by atoms with E-state index in [9.17, 15) is 9.90 Å². The van der Waals surface area contributed by atoms with E-state index in [4.69, 9.17) is 14.2 Å². The maximum Gasteiger partial charge on any atom is 0.195 e. The van der Waals surface area contributed by atoms with Crippen LogP contribution in [-0.2, 0) is 4.74 Å². The molecule has 5 rings (SSSR count). The molecule has 0 spiro atoms. The fourth-order valence-electron chi connectivity index (χ4n) is 5.38. The normalized spacial score (nSPS) is 17.9. The molecule has 1 fully saturated rings. The number of nitrogens with zero attached hydrogens (tertiary/aromatic N) is 1. The Balaban J connectivity index is 1.37. The second-order valence-electron chi connectivity index (χ2n) is 10.5. The molecule has 2 aromatic carbocycles. The third-order valence-electron chi connectivity index (χ3n) is 7.51. The van der Waals surface area contributed by atoms with E-state index in [-0.39, 0.29) is 12.4 Å². The molecule has 1 N–H and O–H groups in total. The lowest BCUT2D eigenvalue weighted by atomic mass is 9.99. The van der Waals surface area contributed by atoms with Gasteiger partial charge in [0.1, 0.15) is 24.2 Å². The number of benzene rings is 2. The molecule has 0 amide bonds. The first-order chi connectivity index (χ1) is 19.4. The van der Waals surface area contributed by atoms with E-state index in [0.29, 0.717) is 35.8 Å². The van der Waals surface area contributed by atoms with Crippen molar-refractivity contribution in [3.05, 3.63) is 81.2 Å². The molecule has 2 atom stereocenters. The SMILES string of the molecule is COC1=CC=c2c(C(=O)c3ccc(OCC(O)CN4CCCC(C)C4)cc3)c(-c3ccc(OC)cc3)sc2=CC1. The average Bonchev–Trinajstić information content (AvgIpc) is 3.22. The minimum atomic E-state index is -0.559. The third-order valence-corrected chi connectivity index (χ3v) is 8.76. The van der Waals surface area contributed by atoms with Crippen LogP contribution in [-0.4, -0.2) is 62.4 Å². The fraction of sp³-hybridized carbons (Fsp3) is 0.364. The van der Waals surface area contributed by atoms with Crippen LogP contribution in [0, 0.1) is 5.92 Å². The van der Waals surface area contributed by atoms with Crippen LogP contribution in [0.4, 0.5) is 0 Å². The molecule has 2 heterocycles. The van der Waals surface area contributed by atoms with Gasteiger partial charge in [0, 0.05) is 45.3 Å². The number of likely N-dealkylation sites (tertiary alicyclic amines) is 1. The molecule has 0 radical (unpaired) electrons. The monoisotopic (exact) mass is 559 g/mol. The summed E-state index contributed by atoms with van der Waals surface area (Å²) in [7, 11) is 3.31. The highest BCUT2D eigenvalue weighted by atomic mass is 32.1. The van der Waals surface area contributed by atoms with Crippen molar-refractivity contribution in [2.24, 2.45) is 5.92 Å². The Labute approximate surface area is 239 Å². The van der Waals surface area contributed by atoms with E-state index in [2.05, 4.69) is 17.9 Å². The maximum atomic E-state index is 14.0. The molecular formula is C33H37NO5S. The third kappa shape index (κ3) is 6.49. The molecule has 0 saturated carbocycles. The zero-order valence-corrected chi connectivity index (χ0v) is 24.2. The number of hydrogen-bond donors (Lipinski definition) is 1. The summed E-state index contributed by atoms with van der Waals surface area (Å²) in [5.41, 5.74) is 2.23. The topological polar surface area (TPSA) is 68.2 Å². The van der Waals surface area contributed by atoms with E-state index < -0.39 is 6.10 Å². The molecule has 1 aliphatic heterocycles. The number of thiophene rings is 1. The second kappa shape index (κ2) is 12.9. The smallest absolute Gasteiger partial charge is 0.195 e. The molecule has 1 saturated heterocycles. The predicted molar refractivity (Wildman–Crippen MR) is 160 cm³/mol. The molecule has 210 valence electrons. The van der Waals surface area contributed by atoms with Crippen molar-refractivity contribution >= 4 is 29.3 Å². The summed E-state index contributed by atoms with van der Waals surface area (Å²) in [5, 5.41) is 11.4. The van der Waals surface area contributed by atoms with E-state index in [1.54, 1.807) is 49.8 Å². The first-order valence-electron chi connectivity index (χ1n) is 13.9. The lowest BCUT2D eigenvalue weighted by Gasteiger charge is -2.32. The van der Waals surface area contributed by atoms with Crippen molar-refractivity contribution in [1.82, 2.24) is 4.90 Å². The zero-order chi connectivity index (χ0) is 28.1. The molecule has 0 bridgehead atoms. The van der Waals surface area contributed by atoms with Gasteiger partial charge in [-0.1, -0.05) is 13.0 Å². The van der Waals surface area contributed by atoms with Gasteiger partial charge in [0.2, 0.25) is 0 Å². The van der Waals surface area contributed by atoms with Crippen LogP contribution in [0.15, 0.2) is 60.4 Å². The lowest BCUT2D eigenvalue weighted by Crippen LogP contribution is -2.41. The summed E-state index contributed by atoms with van der Waals surface area (Å²) in [5.74, 6) is 2.88. The lowest BCUT2D eigenvalue weighted by molar-refractivity contribution is 0.0537. The van der Waals surface area contributed by atoms with Gasteiger partial charge in [-0.25, -0.2) is 0 Å². The highest BCUT2D eigenvalue weighted by molar-refractivity contribution is 7.14. The summed E-state index contributed by atoms with van der Waals surface area (Å²) in [4.78, 5) is 17.2. The number of ketones is 1. The minimum Gasteiger partial charge on any atom is -0.501 e. The van der Waals surface area contributed by atoms with Crippen LogP contribution in [0.2, 0.25) is 0 Å². The molecule has 2 unspecified atom stereocenters. The van der Waals surface area contributed by atoms with Crippen molar-refractivity contribution in [2.75, 3.05) is 40.5 Å². The molecular weight excluding hydrogens is 522 g/mol. The Morgan fingerprint density at radius 3 is 2.50 bits per heavy atom. The van der Waals surface area contributed by atoms with Gasteiger partial charge in [0.25, 0.3) is 0 Å². The minimum absolute atomic E-state index is 0.0481. The van der Waals surface area contributed by atoms with Gasteiger partial charge in [-0.3, -0.25) is 4.79 Å². The molecule has 6 nitrogen and oxygen atoms in total. The number of ether oxygens (including phenoxy) is 3. The van der Waals surface area contributed by atoms with Crippen molar-refractivity contribution in [3.8, 4) is 21.9 Å². The van der Waals surface area contributed by atoms with Crippen molar-refractivity contribution < 1.29 is 24.1 Å². The first kappa shape index (κ1) is 28.1. The number of carbonyl (C=O) groups is 1. The van der Waals surface area contributed by atoms with Crippen LogP contribution < -0.4 is 19.2 Å². The van der Waals surface area contributed by atoms with E-state index in [0.717, 1.165) is 44.8 Å². The molecule has 2 aliphatic rings. The average molecular weight is 560 g/mol. The summed E-state index contributed by atoms with van der Waals surface area (Å²) >= 11 is 1.61. The Morgan fingerprint density at radius 2 is 1.80 bits per heavy atom. The van der Waals surface area contributed by atoms with E-state index in [1.807, 2.05) is 36.4 Å². The fourth-order valence-corrected chi connectivity index (χ4v) is 6.61. The van der Waals surface area contributed by atoms with Crippen molar-refractivity contribution in [1.29, 1.82) is 0 Å². The molecule has 40 heavy (non-hydrogen) atoms. The van der Waals surface area contributed by atoms with Gasteiger partial charge >= 0.3 is 0 Å². The Bertz CT molecular complexity index is 1470. The molecule has 1 aliphatic carbocycles. The maximum absolute atomic E-state index is 14.0. The van der Waals surface area contributed by atoms with Gasteiger partial charge in [-0.15, -0.1) is 11.3 Å². The van der Waals surface area contributed by atoms with Gasteiger partial charge in [-0.05, 0) is 91.6 Å². The summed E-state index contributed by atoms with van der Waals surface area (Å²) in [6.45, 7) is 5.15. The molecule has 3 aromatic rings. The Kier molecular flexibility index (Phi) is 9.04. The number of rotatable bonds is 10. The van der Waals surface area contributed by atoms with Crippen LogP contribution >= 0.6 is 11.3 Å².